The third-order valence-electron chi connectivity index (χ3n) is 6.44. The van der Waals surface area contributed by atoms with Crippen LogP contribution in [0.5, 0.6) is 11.5 Å². The molecule has 43 heavy (non-hydrogen) atoms. The molecule has 11 heteroatoms. The zero-order chi connectivity index (χ0) is 29.9. The molecule has 214 valence electrons. The molecule has 2 heterocycles. The Labute approximate surface area is 252 Å². The number of ether oxygens (including phenoxy) is 2. The van der Waals surface area contributed by atoms with Gasteiger partial charge in [0.05, 0.1) is 24.2 Å². The van der Waals surface area contributed by atoms with Crippen molar-refractivity contribution >= 4 is 55.6 Å². The summed E-state index contributed by atoms with van der Waals surface area (Å²) in [6.07, 6.45) is 1.41. The van der Waals surface area contributed by atoms with Crippen LogP contribution in [-0.2, 0) is 4.79 Å². The van der Waals surface area contributed by atoms with Gasteiger partial charge in [-0.05, 0) is 54.6 Å². The molecule has 0 aliphatic carbocycles. The first-order valence-corrected chi connectivity index (χ1v) is 13.8. The molecule has 0 bridgehead atoms. The number of anilines is 1. The first-order chi connectivity index (χ1) is 20.9. The normalized spacial score (nSPS) is 11.3. The Morgan fingerprint density at radius 3 is 2.70 bits per heavy atom. The maximum atomic E-state index is 13.7. The molecule has 2 aromatic heterocycles. The van der Waals surface area contributed by atoms with Crippen LogP contribution in [0.2, 0.25) is 0 Å². The van der Waals surface area contributed by atoms with Crippen LogP contribution in [0.15, 0.2) is 110 Å². The highest BCUT2D eigenvalue weighted by Gasteiger charge is 2.18. The third kappa shape index (κ3) is 5.88. The maximum Gasteiger partial charge on any atom is 0.282 e. The summed E-state index contributed by atoms with van der Waals surface area (Å²) >= 11 is 3.46. The van der Waals surface area contributed by atoms with Gasteiger partial charge in [0.15, 0.2) is 23.9 Å². The fraction of sp³-hybridized carbons (Fsp3) is 0.0625. The van der Waals surface area contributed by atoms with Crippen LogP contribution in [0.25, 0.3) is 33.5 Å². The van der Waals surface area contributed by atoms with Crippen LogP contribution in [0.4, 0.5) is 10.1 Å². The van der Waals surface area contributed by atoms with Crippen LogP contribution >= 0.6 is 15.9 Å². The summed E-state index contributed by atoms with van der Waals surface area (Å²) in [5.41, 5.74) is 1.42. The smallest absolute Gasteiger partial charge is 0.282 e. The van der Waals surface area contributed by atoms with Gasteiger partial charge in [-0.2, -0.15) is 9.78 Å². The second kappa shape index (κ2) is 11.9. The highest BCUT2D eigenvalue weighted by atomic mass is 79.9. The van der Waals surface area contributed by atoms with E-state index < -0.39 is 23.9 Å². The minimum Gasteiger partial charge on any atom is -0.493 e. The van der Waals surface area contributed by atoms with E-state index in [1.54, 1.807) is 48.5 Å². The van der Waals surface area contributed by atoms with Crippen molar-refractivity contribution in [1.82, 2.24) is 9.66 Å². The van der Waals surface area contributed by atoms with Gasteiger partial charge < -0.3 is 19.2 Å². The summed E-state index contributed by atoms with van der Waals surface area (Å²) in [7, 11) is 1.46. The molecule has 9 nitrogen and oxygen atoms in total. The Kier molecular flexibility index (Phi) is 7.71. The first-order valence-electron chi connectivity index (χ1n) is 13.0. The summed E-state index contributed by atoms with van der Waals surface area (Å²) in [6, 6.07) is 25.1. The van der Waals surface area contributed by atoms with Gasteiger partial charge in [0.25, 0.3) is 11.5 Å². The van der Waals surface area contributed by atoms with Gasteiger partial charge in [-0.3, -0.25) is 9.59 Å². The molecule has 0 aliphatic heterocycles. The predicted octanol–water partition coefficient (Wildman–Crippen LogP) is 6.62. The number of benzene rings is 4. The van der Waals surface area contributed by atoms with E-state index in [9.17, 15) is 14.0 Å². The lowest BCUT2D eigenvalue weighted by atomic mass is 10.2. The van der Waals surface area contributed by atoms with E-state index in [4.69, 9.17) is 18.9 Å². The molecule has 4 aromatic carbocycles. The largest absolute Gasteiger partial charge is 0.493 e. The van der Waals surface area contributed by atoms with Gasteiger partial charge in [-0.1, -0.05) is 52.3 Å². The summed E-state index contributed by atoms with van der Waals surface area (Å²) in [6.45, 7) is -0.406. The van der Waals surface area contributed by atoms with E-state index >= 15 is 0 Å². The second-order valence-electron chi connectivity index (χ2n) is 9.34. The lowest BCUT2D eigenvalue weighted by Gasteiger charge is -2.14. The van der Waals surface area contributed by atoms with Gasteiger partial charge in [0.1, 0.15) is 11.4 Å². The molecule has 0 atom stereocenters. The Hall–Kier alpha value is -5.29. The second-order valence-corrected chi connectivity index (χ2v) is 10.3. The average molecular weight is 641 g/mol. The number of methoxy groups -OCH3 is 1. The fourth-order valence-electron chi connectivity index (χ4n) is 4.49. The first kappa shape index (κ1) is 27.9. The predicted molar refractivity (Wildman–Crippen MR) is 165 cm³/mol. The standard InChI is InChI=1S/C32H22BrFN4O5/c1-41-27-15-21(33)13-20(30(27)42-18-29(39)36-23-9-6-8-22(34)16-23)17-35-38-31(28-14-19-7-2-5-12-26(19)43-28)37-25-11-4-3-10-24(25)32(38)40/h2-17H,18H2,1H3,(H,36,39). The number of rotatable bonds is 8. The number of carbonyl (C=O) groups is 1. The van der Waals surface area contributed by atoms with Crippen molar-refractivity contribution in [2.75, 3.05) is 19.0 Å². The van der Waals surface area contributed by atoms with Crippen molar-refractivity contribution in [2.45, 2.75) is 0 Å². The average Bonchev–Trinajstić information content (AvgIpc) is 3.44. The molecular weight excluding hydrogens is 619 g/mol. The molecule has 0 aliphatic rings. The lowest BCUT2D eigenvalue weighted by Crippen LogP contribution is -2.21. The van der Waals surface area contributed by atoms with E-state index in [0.29, 0.717) is 43.7 Å². The Morgan fingerprint density at radius 2 is 1.88 bits per heavy atom. The number of nitrogens with zero attached hydrogens (tertiary/aromatic N) is 3. The Bertz CT molecular complexity index is 2060. The van der Waals surface area contributed by atoms with Gasteiger partial charge >= 0.3 is 0 Å². The molecule has 0 spiro atoms. The van der Waals surface area contributed by atoms with Gasteiger partial charge in [-0.15, -0.1) is 0 Å². The molecule has 0 radical (unpaired) electrons. The molecule has 0 unspecified atom stereocenters. The van der Waals surface area contributed by atoms with Crippen molar-refractivity contribution in [3.8, 4) is 23.1 Å². The molecule has 6 aromatic rings. The Morgan fingerprint density at radius 1 is 1.07 bits per heavy atom. The van der Waals surface area contributed by atoms with E-state index in [1.165, 1.54) is 31.5 Å². The van der Waals surface area contributed by atoms with Gasteiger partial charge in [0, 0.05) is 21.1 Å². The number of carbonyl (C=O) groups excluding carboxylic acids is 1. The van der Waals surface area contributed by atoms with E-state index in [-0.39, 0.29) is 11.6 Å². The number of amides is 1. The fourth-order valence-corrected chi connectivity index (χ4v) is 4.95. The van der Waals surface area contributed by atoms with Crippen LogP contribution in [0.3, 0.4) is 0 Å². The molecule has 0 saturated heterocycles. The monoisotopic (exact) mass is 640 g/mol. The zero-order valence-corrected chi connectivity index (χ0v) is 24.2. The van der Waals surface area contributed by atoms with Crippen molar-refractivity contribution < 1.29 is 23.1 Å². The third-order valence-corrected chi connectivity index (χ3v) is 6.89. The number of furan rings is 1. The van der Waals surface area contributed by atoms with E-state index in [0.717, 1.165) is 10.1 Å². The number of fused-ring (bicyclic) bond motifs is 2. The number of nitrogens with one attached hydrogen (secondary N) is 1. The summed E-state index contributed by atoms with van der Waals surface area (Å²) in [5.74, 6) is 0.0909. The molecule has 1 amide bonds. The topological polar surface area (TPSA) is 108 Å². The van der Waals surface area contributed by atoms with Crippen LogP contribution in [-0.4, -0.2) is 35.5 Å². The highest BCUT2D eigenvalue weighted by Crippen LogP contribution is 2.34. The zero-order valence-electron chi connectivity index (χ0n) is 22.6. The van der Waals surface area contributed by atoms with Gasteiger partial charge in [0.2, 0.25) is 5.82 Å². The molecule has 1 N–H and O–H groups in total. The van der Waals surface area contributed by atoms with Crippen molar-refractivity contribution in [3.63, 3.8) is 0 Å². The Balaban J connectivity index is 1.39. The van der Waals surface area contributed by atoms with Crippen LogP contribution in [0, 0.1) is 5.82 Å². The molecule has 0 fully saturated rings. The van der Waals surface area contributed by atoms with Crippen LogP contribution in [0.1, 0.15) is 5.56 Å². The number of halogens is 2. The minimum atomic E-state index is -0.513. The maximum absolute atomic E-state index is 13.7. The number of hydrogen-bond acceptors (Lipinski definition) is 7. The SMILES string of the molecule is COc1cc(Br)cc(C=Nn2c(-c3cc4ccccc4o3)nc3ccccc3c2=O)c1OCC(=O)Nc1cccc(F)c1. The van der Waals surface area contributed by atoms with E-state index in [1.807, 2.05) is 24.3 Å². The van der Waals surface area contributed by atoms with E-state index in [2.05, 4.69) is 26.3 Å². The number of para-hydroxylation sites is 2. The van der Waals surface area contributed by atoms with Gasteiger partial charge in [-0.25, -0.2) is 9.37 Å². The molecule has 0 saturated carbocycles. The summed E-state index contributed by atoms with van der Waals surface area (Å²) in [4.78, 5) is 31.0. The van der Waals surface area contributed by atoms with Crippen molar-refractivity contribution in [2.24, 2.45) is 5.10 Å². The number of hydrogen-bond donors (Lipinski definition) is 1. The highest BCUT2D eigenvalue weighted by molar-refractivity contribution is 9.10. The van der Waals surface area contributed by atoms with Crippen molar-refractivity contribution in [3.05, 3.63) is 117 Å². The van der Waals surface area contributed by atoms with Crippen molar-refractivity contribution in [1.29, 1.82) is 0 Å². The quantitative estimate of drug-likeness (QED) is 0.187. The molecule has 6 rings (SSSR count). The lowest BCUT2D eigenvalue weighted by molar-refractivity contribution is -0.118. The minimum absolute atomic E-state index is 0.204. The van der Waals surface area contributed by atoms with Crippen LogP contribution < -0.4 is 20.3 Å². The molecular formula is C32H22BrFN4O5. The summed E-state index contributed by atoms with van der Waals surface area (Å²) in [5, 5.41) is 8.32. The number of aromatic nitrogens is 2. The summed E-state index contributed by atoms with van der Waals surface area (Å²) < 4.78 is 32.7.